The Kier molecular flexibility index (Phi) is 3.07. The van der Waals surface area contributed by atoms with Crippen LogP contribution in [-0.4, -0.2) is 41.1 Å². The summed E-state index contributed by atoms with van der Waals surface area (Å²) in [6.45, 7) is 3.03. The normalized spacial score (nSPS) is 24.6. The highest BCUT2D eigenvalue weighted by Crippen LogP contribution is 2.29. The highest BCUT2D eigenvalue weighted by atomic mass is 15.1. The van der Waals surface area contributed by atoms with Crippen molar-refractivity contribution in [3.8, 4) is 0 Å². The molecule has 4 heteroatoms. The highest BCUT2D eigenvalue weighted by molar-refractivity contribution is 5.04. The van der Waals surface area contributed by atoms with E-state index in [-0.39, 0.29) is 0 Å². The van der Waals surface area contributed by atoms with E-state index in [1.54, 1.807) is 0 Å². The van der Waals surface area contributed by atoms with Crippen LogP contribution in [0.25, 0.3) is 0 Å². The van der Waals surface area contributed by atoms with E-state index in [1.165, 1.54) is 13.0 Å². The van der Waals surface area contributed by atoms with Crippen LogP contribution in [0.2, 0.25) is 0 Å². The molecule has 2 unspecified atom stereocenters. The van der Waals surface area contributed by atoms with Gasteiger partial charge in [-0.05, 0) is 25.9 Å². The van der Waals surface area contributed by atoms with Crippen molar-refractivity contribution in [2.45, 2.75) is 12.3 Å². The van der Waals surface area contributed by atoms with E-state index in [1.807, 2.05) is 19.4 Å². The first kappa shape index (κ1) is 10.6. The third kappa shape index (κ3) is 2.06. The molecule has 84 valence electrons. The molecule has 1 aliphatic rings. The van der Waals surface area contributed by atoms with Crippen LogP contribution in [0.5, 0.6) is 0 Å². The third-order valence-electron chi connectivity index (χ3n) is 3.44. The van der Waals surface area contributed by atoms with E-state index < -0.39 is 0 Å². The van der Waals surface area contributed by atoms with Crippen LogP contribution in [-0.2, 0) is 7.05 Å². The SMILES string of the molecule is CN1CCC(C(CN)c2nccn2C)C1. The first-order chi connectivity index (χ1) is 7.22. The molecule has 1 aliphatic heterocycles. The maximum atomic E-state index is 5.89. The molecule has 2 atom stereocenters. The number of aryl methyl sites for hydroxylation is 1. The molecule has 0 amide bonds. The van der Waals surface area contributed by atoms with Gasteiger partial charge in [0.1, 0.15) is 5.82 Å². The summed E-state index contributed by atoms with van der Waals surface area (Å²) in [6, 6.07) is 0. The van der Waals surface area contributed by atoms with Gasteiger partial charge in [0.05, 0.1) is 0 Å². The van der Waals surface area contributed by atoms with Gasteiger partial charge >= 0.3 is 0 Å². The van der Waals surface area contributed by atoms with Crippen LogP contribution in [0.15, 0.2) is 12.4 Å². The molecule has 2 heterocycles. The van der Waals surface area contributed by atoms with Gasteiger partial charge in [0.25, 0.3) is 0 Å². The minimum absolute atomic E-state index is 0.412. The lowest BCUT2D eigenvalue weighted by atomic mass is 9.91. The van der Waals surface area contributed by atoms with Gasteiger partial charge in [-0.15, -0.1) is 0 Å². The molecule has 0 bridgehead atoms. The van der Waals surface area contributed by atoms with Gasteiger partial charge in [-0.2, -0.15) is 0 Å². The zero-order valence-electron chi connectivity index (χ0n) is 9.56. The second-order valence-corrected chi connectivity index (χ2v) is 4.55. The summed E-state index contributed by atoms with van der Waals surface area (Å²) in [7, 11) is 4.22. The molecule has 1 fully saturated rings. The van der Waals surface area contributed by atoms with Crippen LogP contribution in [0.4, 0.5) is 0 Å². The van der Waals surface area contributed by atoms with Crippen molar-refractivity contribution < 1.29 is 0 Å². The fraction of sp³-hybridized carbons (Fsp3) is 0.727. The van der Waals surface area contributed by atoms with Crippen LogP contribution >= 0.6 is 0 Å². The van der Waals surface area contributed by atoms with Crippen molar-refractivity contribution >= 4 is 0 Å². The Bertz CT molecular complexity index is 320. The molecule has 0 saturated carbocycles. The van der Waals surface area contributed by atoms with Crippen molar-refractivity contribution in [2.24, 2.45) is 18.7 Å². The van der Waals surface area contributed by atoms with Gasteiger partial charge in [0.2, 0.25) is 0 Å². The summed E-state index contributed by atoms with van der Waals surface area (Å²) in [5.74, 6) is 2.22. The van der Waals surface area contributed by atoms with E-state index >= 15 is 0 Å². The molecule has 1 aromatic heterocycles. The summed E-state index contributed by atoms with van der Waals surface area (Å²) in [4.78, 5) is 6.79. The fourth-order valence-electron chi connectivity index (χ4n) is 2.54. The lowest BCUT2D eigenvalue weighted by Crippen LogP contribution is -2.26. The summed E-state index contributed by atoms with van der Waals surface area (Å²) in [6.07, 6.45) is 5.10. The molecular formula is C11H20N4. The van der Waals surface area contributed by atoms with Crippen LogP contribution in [0.3, 0.4) is 0 Å². The molecule has 0 aromatic carbocycles. The van der Waals surface area contributed by atoms with Gasteiger partial charge in [0, 0.05) is 38.4 Å². The summed E-state index contributed by atoms with van der Waals surface area (Å²) in [5.41, 5.74) is 5.89. The van der Waals surface area contributed by atoms with E-state index in [9.17, 15) is 0 Å². The molecule has 0 radical (unpaired) electrons. The first-order valence-electron chi connectivity index (χ1n) is 5.58. The predicted octanol–water partition coefficient (Wildman–Crippen LogP) is 0.414. The predicted molar refractivity (Wildman–Crippen MR) is 60.6 cm³/mol. The standard InChI is InChI=1S/C11H20N4/c1-14-5-3-9(8-14)10(7-12)11-13-4-6-15(11)2/h4,6,9-10H,3,5,7-8,12H2,1-2H3. The molecular weight excluding hydrogens is 188 g/mol. The number of nitrogens with zero attached hydrogens (tertiary/aromatic N) is 3. The van der Waals surface area contributed by atoms with E-state index in [0.29, 0.717) is 18.4 Å². The Balaban J connectivity index is 2.14. The van der Waals surface area contributed by atoms with Gasteiger partial charge in [-0.3, -0.25) is 0 Å². The number of likely N-dealkylation sites (tertiary alicyclic amines) is 1. The van der Waals surface area contributed by atoms with Gasteiger partial charge in [-0.25, -0.2) is 4.98 Å². The fourth-order valence-corrected chi connectivity index (χ4v) is 2.54. The van der Waals surface area contributed by atoms with Gasteiger partial charge in [0.15, 0.2) is 0 Å². The first-order valence-corrected chi connectivity index (χ1v) is 5.58. The Hall–Kier alpha value is -0.870. The Morgan fingerprint density at radius 1 is 1.60 bits per heavy atom. The van der Waals surface area contributed by atoms with Crippen molar-refractivity contribution in [1.82, 2.24) is 14.5 Å². The number of imidazole rings is 1. The largest absolute Gasteiger partial charge is 0.338 e. The average Bonchev–Trinajstić information content (AvgIpc) is 2.79. The quantitative estimate of drug-likeness (QED) is 0.783. The third-order valence-corrected chi connectivity index (χ3v) is 3.44. The molecule has 0 spiro atoms. The molecule has 0 aliphatic carbocycles. The molecule has 15 heavy (non-hydrogen) atoms. The monoisotopic (exact) mass is 208 g/mol. The minimum atomic E-state index is 0.412. The summed E-state index contributed by atoms with van der Waals surface area (Å²) < 4.78 is 2.09. The van der Waals surface area contributed by atoms with Crippen molar-refractivity contribution in [3.05, 3.63) is 18.2 Å². The Morgan fingerprint density at radius 2 is 2.40 bits per heavy atom. The zero-order chi connectivity index (χ0) is 10.8. The van der Waals surface area contributed by atoms with E-state index in [4.69, 9.17) is 5.73 Å². The van der Waals surface area contributed by atoms with E-state index in [2.05, 4.69) is 21.5 Å². The van der Waals surface area contributed by atoms with Gasteiger partial charge in [-0.1, -0.05) is 0 Å². The number of aromatic nitrogens is 2. The van der Waals surface area contributed by atoms with Crippen LogP contribution < -0.4 is 5.73 Å². The lowest BCUT2D eigenvalue weighted by molar-refractivity contribution is 0.363. The minimum Gasteiger partial charge on any atom is -0.338 e. The number of hydrogen-bond acceptors (Lipinski definition) is 3. The summed E-state index contributed by atoms with van der Waals surface area (Å²) >= 11 is 0. The topological polar surface area (TPSA) is 47.1 Å². The van der Waals surface area contributed by atoms with E-state index in [0.717, 1.165) is 12.4 Å². The number of hydrogen-bond donors (Lipinski definition) is 1. The van der Waals surface area contributed by atoms with Crippen LogP contribution in [0.1, 0.15) is 18.2 Å². The van der Waals surface area contributed by atoms with Crippen LogP contribution in [0, 0.1) is 5.92 Å². The second kappa shape index (κ2) is 4.33. The number of rotatable bonds is 3. The van der Waals surface area contributed by atoms with Gasteiger partial charge < -0.3 is 15.2 Å². The maximum Gasteiger partial charge on any atom is 0.113 e. The zero-order valence-corrected chi connectivity index (χ0v) is 9.56. The Morgan fingerprint density at radius 3 is 2.87 bits per heavy atom. The summed E-state index contributed by atoms with van der Waals surface area (Å²) in [5, 5.41) is 0. The molecule has 1 aromatic rings. The molecule has 2 N–H and O–H groups in total. The average molecular weight is 208 g/mol. The lowest BCUT2D eigenvalue weighted by Gasteiger charge is -2.21. The van der Waals surface area contributed by atoms with Crippen molar-refractivity contribution in [2.75, 3.05) is 26.7 Å². The highest BCUT2D eigenvalue weighted by Gasteiger charge is 2.29. The van der Waals surface area contributed by atoms with Crippen molar-refractivity contribution in [3.63, 3.8) is 0 Å². The smallest absolute Gasteiger partial charge is 0.113 e. The maximum absolute atomic E-state index is 5.89. The molecule has 2 rings (SSSR count). The van der Waals surface area contributed by atoms with Crippen molar-refractivity contribution in [1.29, 1.82) is 0 Å². The Labute approximate surface area is 91.1 Å². The molecule has 1 saturated heterocycles. The number of nitrogens with two attached hydrogens (primary N) is 1. The molecule has 4 nitrogen and oxygen atoms in total. The second-order valence-electron chi connectivity index (χ2n) is 4.55.